The number of aryl methyl sites for hydroxylation is 1. The average Bonchev–Trinajstić information content (AvgIpc) is 2.64. The largest absolute Gasteiger partial charge is 0.481 e. The summed E-state index contributed by atoms with van der Waals surface area (Å²) in [5.74, 6) is -1.77. The number of nitrogens with zero attached hydrogens (tertiary/aromatic N) is 3. The highest BCUT2D eigenvalue weighted by Crippen LogP contribution is 2.40. The standard InChI is InChI=1S/C19H26F3N3O3/c1-12-13(2)23-16(19(20,21)22)24-15(12)25-8-6-18(7-9-25,17(26)27)11-14-5-3-4-10-28-14/h14H,3-11H2,1-2H3,(H,26,27)/t14-/m0/s1. The van der Waals surface area contributed by atoms with Crippen molar-refractivity contribution in [1.82, 2.24) is 9.97 Å². The van der Waals surface area contributed by atoms with E-state index in [4.69, 9.17) is 4.74 Å². The van der Waals surface area contributed by atoms with Crippen molar-refractivity contribution in [3.05, 3.63) is 17.1 Å². The van der Waals surface area contributed by atoms with Crippen molar-refractivity contribution in [2.24, 2.45) is 5.41 Å². The summed E-state index contributed by atoms with van der Waals surface area (Å²) in [4.78, 5) is 21.1. The van der Waals surface area contributed by atoms with Crippen LogP contribution in [0.15, 0.2) is 0 Å². The van der Waals surface area contributed by atoms with Gasteiger partial charge < -0.3 is 14.7 Å². The predicted molar refractivity (Wildman–Crippen MR) is 96.2 cm³/mol. The Morgan fingerprint density at radius 2 is 1.93 bits per heavy atom. The monoisotopic (exact) mass is 401 g/mol. The maximum Gasteiger partial charge on any atom is 0.451 e. The molecule has 0 radical (unpaired) electrons. The summed E-state index contributed by atoms with van der Waals surface area (Å²) >= 11 is 0. The van der Waals surface area contributed by atoms with Crippen LogP contribution in [0, 0.1) is 19.3 Å². The molecule has 0 bridgehead atoms. The number of hydrogen-bond donors (Lipinski definition) is 1. The van der Waals surface area contributed by atoms with Gasteiger partial charge in [0.05, 0.1) is 11.5 Å². The van der Waals surface area contributed by atoms with E-state index in [0.29, 0.717) is 44.5 Å². The van der Waals surface area contributed by atoms with Crippen molar-refractivity contribution < 1.29 is 27.8 Å². The maximum absolute atomic E-state index is 13.1. The van der Waals surface area contributed by atoms with Gasteiger partial charge in [0.15, 0.2) is 0 Å². The number of carboxylic acids is 1. The van der Waals surface area contributed by atoms with Crippen LogP contribution < -0.4 is 4.90 Å². The summed E-state index contributed by atoms with van der Waals surface area (Å²) in [6.07, 6.45) is -0.630. The van der Waals surface area contributed by atoms with Gasteiger partial charge in [-0.2, -0.15) is 13.2 Å². The molecule has 0 aliphatic carbocycles. The molecule has 28 heavy (non-hydrogen) atoms. The Morgan fingerprint density at radius 1 is 1.25 bits per heavy atom. The number of carbonyl (C=O) groups is 1. The maximum atomic E-state index is 13.1. The number of rotatable bonds is 4. The predicted octanol–water partition coefficient (Wildman–Crippen LogP) is 3.74. The van der Waals surface area contributed by atoms with Gasteiger partial charge in [-0.15, -0.1) is 0 Å². The molecule has 2 saturated heterocycles. The van der Waals surface area contributed by atoms with Crippen molar-refractivity contribution in [1.29, 1.82) is 0 Å². The molecular formula is C19H26F3N3O3. The lowest BCUT2D eigenvalue weighted by molar-refractivity contribution is -0.154. The second-order valence-corrected chi connectivity index (χ2v) is 7.84. The molecule has 6 nitrogen and oxygen atoms in total. The Labute approximate surface area is 162 Å². The van der Waals surface area contributed by atoms with Crippen molar-refractivity contribution >= 4 is 11.8 Å². The number of alkyl halides is 3. The molecule has 1 aromatic rings. The molecule has 0 saturated carbocycles. The van der Waals surface area contributed by atoms with Crippen LogP contribution in [-0.2, 0) is 15.7 Å². The SMILES string of the molecule is Cc1nc(C(F)(F)F)nc(N2CCC(C[C@@H]3CCCCO3)(C(=O)O)CC2)c1C. The van der Waals surface area contributed by atoms with Crippen LogP contribution in [0.1, 0.15) is 55.6 Å². The molecular weight excluding hydrogens is 375 g/mol. The molecule has 0 unspecified atom stereocenters. The molecule has 156 valence electrons. The summed E-state index contributed by atoms with van der Waals surface area (Å²) in [7, 11) is 0. The molecule has 0 spiro atoms. The first kappa shape index (κ1) is 20.8. The Kier molecular flexibility index (Phi) is 5.84. The molecule has 3 rings (SSSR count). The Balaban J connectivity index is 1.78. The van der Waals surface area contributed by atoms with E-state index >= 15 is 0 Å². The molecule has 1 atom stereocenters. The smallest absolute Gasteiger partial charge is 0.451 e. The third-order valence-corrected chi connectivity index (χ3v) is 5.98. The summed E-state index contributed by atoms with van der Waals surface area (Å²) < 4.78 is 45.0. The van der Waals surface area contributed by atoms with E-state index < -0.39 is 23.4 Å². The summed E-state index contributed by atoms with van der Waals surface area (Å²) in [6.45, 7) is 4.56. The highest BCUT2D eigenvalue weighted by molar-refractivity contribution is 5.75. The van der Waals surface area contributed by atoms with Crippen LogP contribution in [0.25, 0.3) is 0 Å². The van der Waals surface area contributed by atoms with Gasteiger partial charge in [-0.25, -0.2) is 9.97 Å². The molecule has 3 heterocycles. The number of hydrogen-bond acceptors (Lipinski definition) is 5. The van der Waals surface area contributed by atoms with Crippen molar-refractivity contribution in [2.75, 3.05) is 24.6 Å². The minimum atomic E-state index is -4.62. The first-order valence-electron chi connectivity index (χ1n) is 9.65. The number of aliphatic carboxylic acids is 1. The highest BCUT2D eigenvalue weighted by atomic mass is 19.4. The topological polar surface area (TPSA) is 75.5 Å². The first-order valence-corrected chi connectivity index (χ1v) is 9.65. The number of piperidine rings is 1. The molecule has 1 N–H and O–H groups in total. The van der Waals surface area contributed by atoms with Gasteiger partial charge in [-0.05, 0) is 52.4 Å². The lowest BCUT2D eigenvalue weighted by atomic mass is 9.73. The van der Waals surface area contributed by atoms with Gasteiger partial charge in [0.1, 0.15) is 5.82 Å². The first-order chi connectivity index (χ1) is 13.1. The zero-order chi connectivity index (χ0) is 20.5. The molecule has 9 heteroatoms. The summed E-state index contributed by atoms with van der Waals surface area (Å²) in [6, 6.07) is 0. The van der Waals surface area contributed by atoms with Gasteiger partial charge >= 0.3 is 12.1 Å². The summed E-state index contributed by atoms with van der Waals surface area (Å²) in [5.41, 5.74) is -0.0316. The van der Waals surface area contributed by atoms with Gasteiger partial charge in [-0.3, -0.25) is 4.79 Å². The third kappa shape index (κ3) is 4.24. The lowest BCUT2D eigenvalue weighted by Gasteiger charge is -2.42. The number of halogens is 3. The zero-order valence-electron chi connectivity index (χ0n) is 16.2. The van der Waals surface area contributed by atoms with Crippen LogP contribution in [0.2, 0.25) is 0 Å². The fourth-order valence-corrected chi connectivity index (χ4v) is 4.10. The van der Waals surface area contributed by atoms with Crippen LogP contribution in [0.3, 0.4) is 0 Å². The molecule has 0 aromatic carbocycles. The van der Waals surface area contributed by atoms with E-state index in [2.05, 4.69) is 9.97 Å². The van der Waals surface area contributed by atoms with Gasteiger partial charge in [-0.1, -0.05) is 0 Å². The van der Waals surface area contributed by atoms with Crippen LogP contribution in [0.5, 0.6) is 0 Å². The lowest BCUT2D eigenvalue weighted by Crippen LogP contribution is -2.47. The average molecular weight is 401 g/mol. The van der Waals surface area contributed by atoms with E-state index in [1.165, 1.54) is 6.92 Å². The second kappa shape index (κ2) is 7.85. The normalized spacial score (nSPS) is 22.9. The van der Waals surface area contributed by atoms with Gasteiger partial charge in [0, 0.05) is 31.0 Å². The minimum absolute atomic E-state index is 0.0590. The molecule has 1 aromatic heterocycles. The van der Waals surface area contributed by atoms with Gasteiger partial charge in [0.25, 0.3) is 0 Å². The highest BCUT2D eigenvalue weighted by Gasteiger charge is 2.44. The van der Waals surface area contributed by atoms with E-state index in [1.807, 2.05) is 0 Å². The van der Waals surface area contributed by atoms with E-state index in [0.717, 1.165) is 19.3 Å². The van der Waals surface area contributed by atoms with Gasteiger partial charge in [0.2, 0.25) is 5.82 Å². The summed E-state index contributed by atoms with van der Waals surface area (Å²) in [5, 5.41) is 9.88. The van der Waals surface area contributed by atoms with E-state index in [1.54, 1.807) is 11.8 Å². The number of ether oxygens (including phenoxy) is 1. The Hall–Kier alpha value is -1.90. The zero-order valence-corrected chi connectivity index (χ0v) is 16.2. The molecule has 2 aliphatic heterocycles. The number of carboxylic acid groups (broad SMARTS) is 1. The van der Waals surface area contributed by atoms with Crippen LogP contribution in [-0.4, -0.2) is 46.8 Å². The molecule has 2 fully saturated rings. The van der Waals surface area contributed by atoms with E-state index in [-0.39, 0.29) is 17.6 Å². The fraction of sp³-hybridized carbons (Fsp3) is 0.737. The number of aromatic nitrogens is 2. The van der Waals surface area contributed by atoms with Crippen molar-refractivity contribution in [3.8, 4) is 0 Å². The Morgan fingerprint density at radius 3 is 2.46 bits per heavy atom. The number of anilines is 1. The van der Waals surface area contributed by atoms with Crippen LogP contribution in [0.4, 0.5) is 19.0 Å². The molecule has 2 aliphatic rings. The molecule has 0 amide bonds. The second-order valence-electron chi connectivity index (χ2n) is 7.84. The fourth-order valence-electron chi connectivity index (χ4n) is 4.10. The van der Waals surface area contributed by atoms with Crippen LogP contribution >= 0.6 is 0 Å². The minimum Gasteiger partial charge on any atom is -0.481 e. The van der Waals surface area contributed by atoms with Crippen molar-refractivity contribution in [3.63, 3.8) is 0 Å². The Bertz CT molecular complexity index is 725. The van der Waals surface area contributed by atoms with Crippen molar-refractivity contribution in [2.45, 2.75) is 64.7 Å². The quantitative estimate of drug-likeness (QED) is 0.828. The third-order valence-electron chi connectivity index (χ3n) is 5.98. The van der Waals surface area contributed by atoms with E-state index in [9.17, 15) is 23.1 Å².